The molecule has 0 fully saturated rings. The molecule has 0 rings (SSSR count). The Morgan fingerprint density at radius 2 is 0.667 bits per heavy atom. The van der Waals surface area contributed by atoms with E-state index in [9.17, 15) is 0 Å². The molecule has 0 atom stereocenters. The molecule has 0 saturated carbocycles. The molecule has 0 aliphatic heterocycles. The van der Waals surface area contributed by atoms with Crippen LogP contribution in [0.1, 0.15) is 0 Å². The maximum atomic E-state index is 3.32. The van der Waals surface area contributed by atoms with Gasteiger partial charge in [-0.1, -0.05) is 0 Å². The Morgan fingerprint density at radius 1 is 0.667 bits per heavy atom. The zero-order chi connectivity index (χ0) is 5.45. The molecule has 0 aliphatic rings. The Hall–Kier alpha value is 3.02. The summed E-state index contributed by atoms with van der Waals surface area (Å²) in [6, 6.07) is 0. The fourth-order valence-electron chi connectivity index (χ4n) is 0. The van der Waals surface area contributed by atoms with Crippen molar-refractivity contribution in [3.05, 3.63) is 0 Å². The third kappa shape index (κ3) is 27.9. The molecule has 0 heterocycles. The summed E-state index contributed by atoms with van der Waals surface area (Å²) < 4.78 is -2.41. The van der Waals surface area contributed by atoms with Gasteiger partial charge in [-0.2, -0.15) is 0 Å². The van der Waals surface area contributed by atoms with E-state index in [-0.39, 0.29) is 0 Å². The van der Waals surface area contributed by atoms with Crippen molar-refractivity contribution >= 4 is 68.1 Å². The normalized spacial score (nSPS) is 19.2. The summed E-state index contributed by atoms with van der Waals surface area (Å²) in [5.41, 5.74) is 0. The van der Waals surface area contributed by atoms with Crippen LogP contribution in [0.2, 0.25) is 0 Å². The van der Waals surface area contributed by atoms with Gasteiger partial charge >= 0.3 is 71.9 Å². The van der Waals surface area contributed by atoms with E-state index >= 15 is 0 Å². The van der Waals surface area contributed by atoms with E-state index in [1.165, 1.54) is 0 Å². The Balaban J connectivity index is 3.73. The first-order chi connectivity index (χ1) is 2.24. The Morgan fingerprint density at radius 3 is 0.667 bits per heavy atom. The van der Waals surface area contributed by atoms with Crippen molar-refractivity contribution in [2.24, 2.45) is 0 Å². The van der Waals surface area contributed by atoms with Crippen LogP contribution in [0.25, 0.3) is 0 Å². The number of hydrogen-bond donors (Lipinski definition) is 0. The van der Waals surface area contributed by atoms with E-state index in [0.29, 0.717) is 0 Å². The molecule has 0 N–H and O–H groups in total. The van der Waals surface area contributed by atoms with E-state index in [2.05, 4.69) is 68.1 Å². The zero-order valence-electron chi connectivity index (χ0n) is 2.24. The van der Waals surface area contributed by atoms with Gasteiger partial charge in [-0.05, 0) is 0 Å². The third-order valence-corrected chi connectivity index (χ3v) is 0. The van der Waals surface area contributed by atoms with Crippen LogP contribution in [-0.4, -0.2) is 0 Å². The average molecular weight is 501 g/mol. The summed E-state index contributed by atoms with van der Waals surface area (Å²) >= 11 is 16.6. The van der Waals surface area contributed by atoms with E-state index in [1.807, 2.05) is 0 Å². The predicted octanol–water partition coefficient (Wildman–Crippen LogP) is 4.23. The van der Waals surface area contributed by atoms with Gasteiger partial charge in [-0.3, -0.25) is 0 Å². The van der Waals surface area contributed by atoms with Gasteiger partial charge in [0.15, 0.2) is 0 Å². The molecule has 0 radical (unpaired) electrons. The van der Waals surface area contributed by atoms with Gasteiger partial charge in [0.05, 0.1) is 0 Å². The maximum absolute atomic E-state index is 3.32. The van der Waals surface area contributed by atoms with Crippen LogP contribution >= 0.6 is 68.1 Å². The molecule has 6 heteroatoms. The molecule has 6 heavy (non-hydrogen) atoms. The number of rotatable bonds is 0. The van der Waals surface area contributed by atoms with Crippen molar-refractivity contribution in [3.8, 4) is 0 Å². The van der Waals surface area contributed by atoms with E-state index in [0.717, 1.165) is 0 Å². The predicted molar refractivity (Wildman–Crippen MR) is 44.6 cm³/mol. The van der Waals surface area contributed by atoms with Crippen LogP contribution in [0.3, 0.4) is 0 Å². The molecule has 0 amide bonds. The summed E-state index contributed by atoms with van der Waals surface area (Å²) in [5, 5.41) is 0. The average Bonchev–Trinajstić information content (AvgIpc) is 0.650. The fourth-order valence-corrected chi connectivity index (χ4v) is 0. The van der Waals surface area contributed by atoms with Crippen LogP contribution in [0.4, 0.5) is 0 Å². The molecule has 0 bridgehead atoms. The molecule has 0 aliphatic carbocycles. The van der Waals surface area contributed by atoms with Crippen molar-refractivity contribution in [3.63, 3.8) is 0 Å². The quantitative estimate of drug-likeness (QED) is 0.437. The zero-order valence-corrected chi connectivity index (χ0v) is 11.9. The number of hydrogen-bond acceptors (Lipinski definition) is 0. The SMILES string of the molecule is [Br][Ru-2]([Br])([Br])([Br])[Br]. The molecular weight excluding hydrogens is 501 g/mol. The second-order valence-electron chi connectivity index (χ2n) is 0.505. The molecule has 0 spiro atoms. The first kappa shape index (κ1) is 9.02. The second-order valence-corrected chi connectivity index (χ2v) is 80.7. The van der Waals surface area contributed by atoms with Crippen LogP contribution in [0.5, 0.6) is 0 Å². The summed E-state index contributed by atoms with van der Waals surface area (Å²) in [5.74, 6) is 0. The van der Waals surface area contributed by atoms with Crippen molar-refractivity contribution in [1.82, 2.24) is 0 Å². The Bertz CT molecular complexity index is 37.1. The minimum absolute atomic E-state index is 2.41. The van der Waals surface area contributed by atoms with E-state index in [4.69, 9.17) is 0 Å². The topological polar surface area (TPSA) is 0 Å². The van der Waals surface area contributed by atoms with Crippen LogP contribution in [-0.2, 0) is 3.80 Å². The van der Waals surface area contributed by atoms with Gasteiger partial charge in [0.2, 0.25) is 0 Å². The molecule has 0 nitrogen and oxygen atoms in total. The van der Waals surface area contributed by atoms with Crippen molar-refractivity contribution in [2.75, 3.05) is 0 Å². The van der Waals surface area contributed by atoms with Crippen LogP contribution < -0.4 is 0 Å². The molecule has 0 aromatic carbocycles. The van der Waals surface area contributed by atoms with Gasteiger partial charge in [0.25, 0.3) is 0 Å². The number of halogens is 5. The molecule has 0 aromatic heterocycles. The van der Waals surface area contributed by atoms with E-state index in [1.54, 1.807) is 0 Å². The molecular formula is Br5Ru-2. The molecule has 0 saturated heterocycles. The Labute approximate surface area is 70.3 Å². The standard InChI is InChI=1S/5BrH.Ru/h5*1H;/q;;;;;+3/p-5. The summed E-state index contributed by atoms with van der Waals surface area (Å²) in [6.07, 6.45) is 0. The molecule has 0 aromatic rings. The fraction of sp³-hybridized carbons (Fsp3) is 0. The molecule has 45 valence electrons. The molecule has 0 unspecified atom stereocenters. The first-order valence-corrected chi connectivity index (χ1v) is 20.5. The van der Waals surface area contributed by atoms with E-state index < -0.39 is 3.80 Å². The van der Waals surface area contributed by atoms with Crippen molar-refractivity contribution in [1.29, 1.82) is 0 Å². The first-order valence-electron chi connectivity index (χ1n) is 0.668. The minimum atomic E-state index is -2.41. The summed E-state index contributed by atoms with van der Waals surface area (Å²) in [4.78, 5) is 0. The Kier molecular flexibility index (Phi) is 3.51. The second kappa shape index (κ2) is 2.33. The van der Waals surface area contributed by atoms with Gasteiger partial charge in [0, 0.05) is 0 Å². The van der Waals surface area contributed by atoms with Gasteiger partial charge < -0.3 is 0 Å². The third-order valence-electron chi connectivity index (χ3n) is 0. The van der Waals surface area contributed by atoms with Gasteiger partial charge in [0.1, 0.15) is 0 Å². The van der Waals surface area contributed by atoms with Gasteiger partial charge in [-0.15, -0.1) is 0 Å². The van der Waals surface area contributed by atoms with Crippen LogP contribution in [0.15, 0.2) is 0 Å². The van der Waals surface area contributed by atoms with Gasteiger partial charge in [-0.25, -0.2) is 0 Å². The van der Waals surface area contributed by atoms with Crippen LogP contribution in [0, 0.1) is 0 Å². The van der Waals surface area contributed by atoms with Crippen molar-refractivity contribution in [2.45, 2.75) is 0 Å². The van der Waals surface area contributed by atoms with Crippen molar-refractivity contribution < 1.29 is 3.80 Å². The monoisotopic (exact) mass is 496 g/mol. The summed E-state index contributed by atoms with van der Waals surface area (Å²) in [6.45, 7) is 0. The summed E-state index contributed by atoms with van der Waals surface area (Å²) in [7, 11) is 0.